The molecular weight excluding hydrogens is 402 g/mol. The molecule has 3 aromatic carbocycles. The maximum Gasteiger partial charge on any atom is 0.231 e. The Kier molecular flexibility index (Phi) is 6.95. The van der Waals surface area contributed by atoms with Gasteiger partial charge in [-0.1, -0.05) is 55.5 Å². The predicted molar refractivity (Wildman–Crippen MR) is 124 cm³/mol. The molecule has 4 rings (SSSR count). The van der Waals surface area contributed by atoms with Gasteiger partial charge in [-0.15, -0.1) is 0 Å². The Morgan fingerprint density at radius 2 is 1.72 bits per heavy atom. The van der Waals surface area contributed by atoms with Crippen LogP contribution in [0.3, 0.4) is 0 Å². The molecule has 0 radical (unpaired) electrons. The molecule has 166 valence electrons. The van der Waals surface area contributed by atoms with Crippen LogP contribution in [0.5, 0.6) is 17.2 Å². The molecule has 0 saturated heterocycles. The highest BCUT2D eigenvalue weighted by molar-refractivity contribution is 5.75. The number of carbonyl (C=O) groups is 1. The fraction of sp³-hybridized carbons (Fsp3) is 0.296. The van der Waals surface area contributed by atoms with Gasteiger partial charge in [0, 0.05) is 25.4 Å². The molecule has 0 aliphatic carbocycles. The van der Waals surface area contributed by atoms with Crippen LogP contribution in [0.15, 0.2) is 72.8 Å². The Labute approximate surface area is 189 Å². The highest BCUT2D eigenvalue weighted by Crippen LogP contribution is 2.37. The lowest BCUT2D eigenvalue weighted by Gasteiger charge is -2.26. The molecule has 32 heavy (non-hydrogen) atoms. The smallest absolute Gasteiger partial charge is 0.231 e. The zero-order valence-electron chi connectivity index (χ0n) is 18.6. The Morgan fingerprint density at radius 1 is 0.969 bits per heavy atom. The van der Waals surface area contributed by atoms with E-state index in [0.29, 0.717) is 19.5 Å². The normalized spacial score (nSPS) is 12.9. The van der Waals surface area contributed by atoms with Crippen molar-refractivity contribution in [3.63, 3.8) is 0 Å². The fourth-order valence-corrected chi connectivity index (χ4v) is 4.09. The summed E-state index contributed by atoms with van der Waals surface area (Å²) in [7, 11) is 1.65. The minimum absolute atomic E-state index is 0.147. The lowest BCUT2D eigenvalue weighted by molar-refractivity contribution is -0.131. The van der Waals surface area contributed by atoms with Gasteiger partial charge in [-0.25, -0.2) is 0 Å². The second-order valence-corrected chi connectivity index (χ2v) is 7.88. The van der Waals surface area contributed by atoms with E-state index in [1.165, 1.54) is 5.56 Å². The van der Waals surface area contributed by atoms with Crippen molar-refractivity contribution in [2.45, 2.75) is 32.2 Å². The Hall–Kier alpha value is -3.47. The van der Waals surface area contributed by atoms with E-state index in [1.807, 2.05) is 48.2 Å². The number of rotatable bonds is 9. The average molecular weight is 432 g/mol. The number of ether oxygens (including phenoxy) is 3. The third-order valence-corrected chi connectivity index (χ3v) is 5.88. The SMILES string of the molecule is CCC(=O)N(CC[C@@H](c1ccccc1)c1ccc2c(c1)OCO2)Cc1ccc(OC)cc1. The van der Waals surface area contributed by atoms with E-state index in [1.54, 1.807) is 7.11 Å². The van der Waals surface area contributed by atoms with Gasteiger partial charge >= 0.3 is 0 Å². The highest BCUT2D eigenvalue weighted by atomic mass is 16.7. The third kappa shape index (κ3) is 5.05. The van der Waals surface area contributed by atoms with Gasteiger partial charge in [-0.2, -0.15) is 0 Å². The third-order valence-electron chi connectivity index (χ3n) is 5.88. The molecule has 1 atom stereocenters. The van der Waals surface area contributed by atoms with Crippen molar-refractivity contribution >= 4 is 5.91 Å². The molecular formula is C27H29NO4. The number of carbonyl (C=O) groups excluding carboxylic acids is 1. The first-order valence-corrected chi connectivity index (χ1v) is 11.0. The van der Waals surface area contributed by atoms with E-state index in [0.717, 1.165) is 34.8 Å². The second kappa shape index (κ2) is 10.2. The Balaban J connectivity index is 1.55. The molecule has 3 aromatic rings. The Morgan fingerprint density at radius 3 is 2.44 bits per heavy atom. The number of nitrogens with zero attached hydrogens (tertiary/aromatic N) is 1. The van der Waals surface area contributed by atoms with Crippen molar-refractivity contribution in [2.75, 3.05) is 20.4 Å². The highest BCUT2D eigenvalue weighted by Gasteiger charge is 2.21. The number of amides is 1. The maximum absolute atomic E-state index is 12.7. The molecule has 0 aromatic heterocycles. The van der Waals surface area contributed by atoms with E-state index in [2.05, 4.69) is 36.4 Å². The minimum atomic E-state index is 0.147. The number of hydrogen-bond acceptors (Lipinski definition) is 4. The molecule has 1 heterocycles. The van der Waals surface area contributed by atoms with Crippen molar-refractivity contribution in [3.05, 3.63) is 89.5 Å². The van der Waals surface area contributed by atoms with Crippen molar-refractivity contribution < 1.29 is 19.0 Å². The largest absolute Gasteiger partial charge is 0.497 e. The zero-order chi connectivity index (χ0) is 22.3. The topological polar surface area (TPSA) is 48.0 Å². The number of benzene rings is 3. The summed E-state index contributed by atoms with van der Waals surface area (Å²) in [5.74, 6) is 2.67. The first-order chi connectivity index (χ1) is 15.7. The van der Waals surface area contributed by atoms with Crippen LogP contribution in [-0.2, 0) is 11.3 Å². The minimum Gasteiger partial charge on any atom is -0.497 e. The van der Waals surface area contributed by atoms with Gasteiger partial charge in [0.25, 0.3) is 0 Å². The van der Waals surface area contributed by atoms with E-state index in [9.17, 15) is 4.79 Å². The van der Waals surface area contributed by atoms with Gasteiger partial charge in [0.15, 0.2) is 11.5 Å². The molecule has 0 saturated carbocycles. The molecule has 5 heteroatoms. The molecule has 1 amide bonds. The summed E-state index contributed by atoms with van der Waals surface area (Å²) in [5, 5.41) is 0. The molecule has 0 bridgehead atoms. The molecule has 5 nitrogen and oxygen atoms in total. The van der Waals surface area contributed by atoms with Crippen molar-refractivity contribution in [2.24, 2.45) is 0 Å². The predicted octanol–water partition coefficient (Wildman–Crippen LogP) is 5.38. The van der Waals surface area contributed by atoms with Gasteiger partial charge < -0.3 is 19.1 Å². The van der Waals surface area contributed by atoms with Crippen LogP contribution >= 0.6 is 0 Å². The van der Waals surface area contributed by atoms with Crippen LogP contribution in [0.1, 0.15) is 42.4 Å². The lowest BCUT2D eigenvalue weighted by Crippen LogP contribution is -2.31. The second-order valence-electron chi connectivity index (χ2n) is 7.88. The molecule has 1 aliphatic rings. The molecule has 0 N–H and O–H groups in total. The van der Waals surface area contributed by atoms with Gasteiger partial charge in [-0.3, -0.25) is 4.79 Å². The molecule has 1 aliphatic heterocycles. The quantitative estimate of drug-likeness (QED) is 0.456. The van der Waals surface area contributed by atoms with Crippen LogP contribution < -0.4 is 14.2 Å². The molecule has 0 spiro atoms. The lowest BCUT2D eigenvalue weighted by atomic mass is 9.88. The van der Waals surface area contributed by atoms with Gasteiger partial charge in [-0.05, 0) is 47.4 Å². The summed E-state index contributed by atoms with van der Waals surface area (Å²) in [4.78, 5) is 14.7. The van der Waals surface area contributed by atoms with Crippen LogP contribution in [0, 0.1) is 0 Å². The van der Waals surface area contributed by atoms with E-state index in [-0.39, 0.29) is 18.6 Å². The summed E-state index contributed by atoms with van der Waals surface area (Å²) in [6.45, 7) is 3.41. The van der Waals surface area contributed by atoms with Crippen LogP contribution in [0.25, 0.3) is 0 Å². The van der Waals surface area contributed by atoms with E-state index >= 15 is 0 Å². The fourth-order valence-electron chi connectivity index (χ4n) is 4.09. The molecule has 0 fully saturated rings. The maximum atomic E-state index is 12.7. The number of fused-ring (bicyclic) bond motifs is 1. The Bertz CT molecular complexity index is 1030. The number of methoxy groups -OCH3 is 1. The zero-order valence-corrected chi connectivity index (χ0v) is 18.6. The first-order valence-electron chi connectivity index (χ1n) is 11.0. The summed E-state index contributed by atoms with van der Waals surface area (Å²) in [6, 6.07) is 24.5. The van der Waals surface area contributed by atoms with E-state index < -0.39 is 0 Å². The van der Waals surface area contributed by atoms with E-state index in [4.69, 9.17) is 14.2 Å². The van der Waals surface area contributed by atoms with Gasteiger partial charge in [0.2, 0.25) is 12.7 Å². The van der Waals surface area contributed by atoms with Crippen LogP contribution in [0.4, 0.5) is 0 Å². The summed E-state index contributed by atoms with van der Waals surface area (Å²) in [5.41, 5.74) is 3.47. The monoisotopic (exact) mass is 431 g/mol. The van der Waals surface area contributed by atoms with Crippen molar-refractivity contribution in [3.8, 4) is 17.2 Å². The first kappa shape index (κ1) is 21.8. The van der Waals surface area contributed by atoms with Crippen LogP contribution in [-0.4, -0.2) is 31.3 Å². The molecule has 0 unspecified atom stereocenters. The van der Waals surface area contributed by atoms with Gasteiger partial charge in [0.1, 0.15) is 5.75 Å². The van der Waals surface area contributed by atoms with Crippen molar-refractivity contribution in [1.29, 1.82) is 0 Å². The van der Waals surface area contributed by atoms with Gasteiger partial charge in [0.05, 0.1) is 7.11 Å². The van der Waals surface area contributed by atoms with Crippen LogP contribution in [0.2, 0.25) is 0 Å². The standard InChI is InChI=1S/C27H29NO4/c1-3-27(29)28(18-20-9-12-23(30-2)13-10-20)16-15-24(21-7-5-4-6-8-21)22-11-14-25-26(17-22)32-19-31-25/h4-14,17,24H,3,15-16,18-19H2,1-2H3/t24-/m0/s1. The summed E-state index contributed by atoms with van der Waals surface area (Å²) in [6.07, 6.45) is 1.29. The van der Waals surface area contributed by atoms with Crippen molar-refractivity contribution in [1.82, 2.24) is 4.90 Å². The number of hydrogen-bond donors (Lipinski definition) is 0. The summed E-state index contributed by atoms with van der Waals surface area (Å²) < 4.78 is 16.3. The average Bonchev–Trinajstić information content (AvgIpc) is 3.32. The summed E-state index contributed by atoms with van der Waals surface area (Å²) >= 11 is 0.